The molecule has 0 fully saturated rings. The number of anilines is 1. The molecule has 15 heavy (non-hydrogen) atoms. The minimum atomic E-state index is -0.439. The molecule has 0 saturated carbocycles. The first-order chi connectivity index (χ1) is 6.72. The monoisotopic (exact) mass is 232 g/mol. The fourth-order valence-electron chi connectivity index (χ4n) is 1.06. The lowest BCUT2D eigenvalue weighted by atomic mass is 10.2. The van der Waals surface area contributed by atoms with Gasteiger partial charge in [0.25, 0.3) is 0 Å². The number of nitrogens with two attached hydrogens (primary N) is 1. The van der Waals surface area contributed by atoms with Crippen LogP contribution >= 0.6 is 12.4 Å². The van der Waals surface area contributed by atoms with E-state index in [4.69, 9.17) is 10.6 Å². The van der Waals surface area contributed by atoms with Gasteiger partial charge in [0.1, 0.15) is 11.3 Å². The number of rotatable bonds is 3. The van der Waals surface area contributed by atoms with Crippen LogP contribution in [0.5, 0.6) is 5.75 Å². The van der Waals surface area contributed by atoms with E-state index in [2.05, 4.69) is 10.2 Å². The Kier molecular flexibility index (Phi) is 5.51. The van der Waals surface area contributed by atoms with E-state index in [1.165, 1.54) is 14.2 Å². The molecule has 0 amide bonds. The third-order valence-corrected chi connectivity index (χ3v) is 1.77. The quantitative estimate of drug-likeness (QED) is 0.465. The van der Waals surface area contributed by atoms with Crippen LogP contribution in [0.1, 0.15) is 10.4 Å². The molecule has 0 unspecified atom stereocenters. The number of esters is 1. The summed E-state index contributed by atoms with van der Waals surface area (Å²) < 4.78 is 9.60. The van der Waals surface area contributed by atoms with Crippen molar-refractivity contribution in [3.8, 4) is 5.75 Å². The van der Waals surface area contributed by atoms with E-state index in [9.17, 15) is 4.79 Å². The molecule has 5 nitrogen and oxygen atoms in total. The number of hydrogen-bond acceptors (Lipinski definition) is 5. The number of benzene rings is 1. The maximum absolute atomic E-state index is 11.2. The van der Waals surface area contributed by atoms with Crippen molar-refractivity contribution >= 4 is 24.1 Å². The topological polar surface area (TPSA) is 73.6 Å². The lowest BCUT2D eigenvalue weighted by Gasteiger charge is -2.08. The zero-order valence-corrected chi connectivity index (χ0v) is 9.26. The molecule has 0 aliphatic rings. The normalized spacial score (nSPS) is 8.73. The molecule has 0 aromatic heterocycles. The molecule has 0 saturated heterocycles. The molecule has 0 radical (unpaired) electrons. The van der Waals surface area contributed by atoms with Crippen molar-refractivity contribution in [2.45, 2.75) is 0 Å². The minimum absolute atomic E-state index is 0. The van der Waals surface area contributed by atoms with Crippen LogP contribution in [0.15, 0.2) is 18.2 Å². The van der Waals surface area contributed by atoms with Gasteiger partial charge in [-0.2, -0.15) is 0 Å². The van der Waals surface area contributed by atoms with Crippen LogP contribution in [0.4, 0.5) is 5.69 Å². The van der Waals surface area contributed by atoms with E-state index in [0.717, 1.165) is 0 Å². The largest absolute Gasteiger partial charge is 0.496 e. The summed E-state index contributed by atoms with van der Waals surface area (Å²) in [5, 5.41) is 0. The molecule has 84 valence electrons. The Morgan fingerprint density at radius 3 is 2.53 bits per heavy atom. The van der Waals surface area contributed by atoms with Crippen LogP contribution in [0.25, 0.3) is 0 Å². The standard InChI is InChI=1S/C9H12N2O3.ClH/c1-13-8-5-6(11-10)3-4-7(8)9(12)14-2;/h3-5,11H,10H2,1-2H3;1H. The summed E-state index contributed by atoms with van der Waals surface area (Å²) in [7, 11) is 2.79. The Balaban J connectivity index is 0.00000196. The molecule has 1 aromatic carbocycles. The molecular formula is C9H13ClN2O3. The van der Waals surface area contributed by atoms with E-state index >= 15 is 0 Å². The van der Waals surface area contributed by atoms with Crippen molar-refractivity contribution < 1.29 is 14.3 Å². The number of carbonyl (C=O) groups excluding carboxylic acids is 1. The maximum atomic E-state index is 11.2. The Hall–Kier alpha value is -1.46. The minimum Gasteiger partial charge on any atom is -0.496 e. The fourth-order valence-corrected chi connectivity index (χ4v) is 1.06. The smallest absolute Gasteiger partial charge is 0.341 e. The van der Waals surface area contributed by atoms with Crippen LogP contribution in [-0.2, 0) is 4.74 Å². The highest BCUT2D eigenvalue weighted by Crippen LogP contribution is 2.23. The van der Waals surface area contributed by atoms with Gasteiger partial charge in [-0.25, -0.2) is 4.79 Å². The van der Waals surface area contributed by atoms with Crippen LogP contribution in [0.2, 0.25) is 0 Å². The van der Waals surface area contributed by atoms with Crippen molar-refractivity contribution in [2.24, 2.45) is 5.84 Å². The molecular weight excluding hydrogens is 220 g/mol. The molecule has 3 N–H and O–H groups in total. The Morgan fingerprint density at radius 1 is 1.40 bits per heavy atom. The third-order valence-electron chi connectivity index (χ3n) is 1.77. The van der Waals surface area contributed by atoms with Crippen LogP contribution < -0.4 is 16.0 Å². The summed E-state index contributed by atoms with van der Waals surface area (Å²) in [6.45, 7) is 0. The number of halogens is 1. The van der Waals surface area contributed by atoms with Gasteiger partial charge < -0.3 is 14.9 Å². The SMILES string of the molecule is COC(=O)c1ccc(NN)cc1OC.Cl. The first-order valence-corrected chi connectivity index (χ1v) is 3.96. The van der Waals surface area contributed by atoms with Crippen molar-refractivity contribution in [1.82, 2.24) is 0 Å². The second-order valence-electron chi connectivity index (χ2n) is 2.55. The predicted octanol–water partition coefficient (Wildman–Crippen LogP) is 1.19. The molecule has 1 aromatic rings. The van der Waals surface area contributed by atoms with E-state index < -0.39 is 5.97 Å². The Bertz CT molecular complexity index is 344. The molecule has 0 aliphatic heterocycles. The number of hydrogen-bond donors (Lipinski definition) is 2. The number of carbonyl (C=O) groups is 1. The zero-order valence-electron chi connectivity index (χ0n) is 8.44. The van der Waals surface area contributed by atoms with E-state index in [0.29, 0.717) is 17.0 Å². The zero-order chi connectivity index (χ0) is 10.6. The van der Waals surface area contributed by atoms with Crippen molar-refractivity contribution in [1.29, 1.82) is 0 Å². The number of methoxy groups -OCH3 is 2. The fraction of sp³-hybridized carbons (Fsp3) is 0.222. The maximum Gasteiger partial charge on any atom is 0.341 e. The van der Waals surface area contributed by atoms with Crippen molar-refractivity contribution in [3.63, 3.8) is 0 Å². The van der Waals surface area contributed by atoms with Crippen molar-refractivity contribution in [2.75, 3.05) is 19.6 Å². The lowest BCUT2D eigenvalue weighted by molar-refractivity contribution is 0.0597. The Morgan fingerprint density at radius 2 is 2.07 bits per heavy atom. The molecule has 0 spiro atoms. The van der Waals surface area contributed by atoms with Gasteiger partial charge in [0.2, 0.25) is 0 Å². The first-order valence-electron chi connectivity index (χ1n) is 3.96. The second kappa shape index (κ2) is 6.10. The van der Waals surface area contributed by atoms with Gasteiger partial charge in [0.15, 0.2) is 0 Å². The van der Waals surface area contributed by atoms with Crippen LogP contribution in [0.3, 0.4) is 0 Å². The summed E-state index contributed by atoms with van der Waals surface area (Å²) >= 11 is 0. The summed E-state index contributed by atoms with van der Waals surface area (Å²) in [6.07, 6.45) is 0. The van der Waals surface area contributed by atoms with Gasteiger partial charge >= 0.3 is 5.97 Å². The number of nitrogens with one attached hydrogen (secondary N) is 1. The molecule has 0 heterocycles. The number of hydrazine groups is 1. The van der Waals surface area contributed by atoms with Gasteiger partial charge in [-0.05, 0) is 12.1 Å². The van der Waals surface area contributed by atoms with Crippen LogP contribution in [-0.4, -0.2) is 20.2 Å². The molecule has 0 atom stereocenters. The summed E-state index contributed by atoms with van der Waals surface area (Å²) in [4.78, 5) is 11.2. The summed E-state index contributed by atoms with van der Waals surface area (Å²) in [6, 6.07) is 4.86. The Labute approximate surface area is 93.9 Å². The molecule has 0 aliphatic carbocycles. The van der Waals surface area contributed by atoms with E-state index in [1.54, 1.807) is 18.2 Å². The lowest BCUT2D eigenvalue weighted by Crippen LogP contribution is -2.09. The third kappa shape index (κ3) is 3.00. The highest BCUT2D eigenvalue weighted by Gasteiger charge is 2.12. The van der Waals surface area contributed by atoms with Gasteiger partial charge in [-0.1, -0.05) is 0 Å². The van der Waals surface area contributed by atoms with Gasteiger partial charge in [0.05, 0.1) is 19.9 Å². The van der Waals surface area contributed by atoms with E-state index in [-0.39, 0.29) is 12.4 Å². The average Bonchev–Trinajstić information content (AvgIpc) is 2.27. The number of ether oxygens (including phenoxy) is 2. The summed E-state index contributed by atoms with van der Waals surface area (Å²) in [5.41, 5.74) is 3.48. The predicted molar refractivity (Wildman–Crippen MR) is 59.4 cm³/mol. The van der Waals surface area contributed by atoms with Gasteiger partial charge in [-0.15, -0.1) is 12.4 Å². The molecule has 1 rings (SSSR count). The highest BCUT2D eigenvalue weighted by atomic mass is 35.5. The number of nitrogen functional groups attached to an aromatic ring is 1. The summed E-state index contributed by atoms with van der Waals surface area (Å²) in [5.74, 6) is 5.19. The first kappa shape index (κ1) is 13.5. The van der Waals surface area contributed by atoms with Gasteiger partial charge in [-0.3, -0.25) is 5.84 Å². The molecule has 0 bridgehead atoms. The van der Waals surface area contributed by atoms with Crippen LogP contribution in [0, 0.1) is 0 Å². The van der Waals surface area contributed by atoms with Gasteiger partial charge in [0, 0.05) is 6.07 Å². The average molecular weight is 233 g/mol. The highest BCUT2D eigenvalue weighted by molar-refractivity contribution is 5.93. The second-order valence-corrected chi connectivity index (χ2v) is 2.55. The molecule has 6 heteroatoms. The van der Waals surface area contributed by atoms with E-state index in [1.807, 2.05) is 0 Å². The van der Waals surface area contributed by atoms with Crippen molar-refractivity contribution in [3.05, 3.63) is 23.8 Å².